The lowest BCUT2D eigenvalue weighted by Gasteiger charge is -2.23. The zero-order valence-electron chi connectivity index (χ0n) is 17.1. The zero-order chi connectivity index (χ0) is 20.4. The van der Waals surface area contributed by atoms with E-state index in [4.69, 9.17) is 4.74 Å². The van der Waals surface area contributed by atoms with Gasteiger partial charge in [0.25, 0.3) is 11.8 Å². The van der Waals surface area contributed by atoms with Crippen LogP contribution < -0.4 is 10.1 Å². The van der Waals surface area contributed by atoms with Crippen molar-refractivity contribution in [3.63, 3.8) is 0 Å². The van der Waals surface area contributed by atoms with Crippen molar-refractivity contribution in [3.8, 4) is 5.75 Å². The molecule has 2 aliphatic carbocycles. The second kappa shape index (κ2) is 8.27. The largest absolute Gasteiger partial charge is 0.483 e. The fourth-order valence-electron chi connectivity index (χ4n) is 3.45. The summed E-state index contributed by atoms with van der Waals surface area (Å²) in [6, 6.07) is 14.2. The Morgan fingerprint density at radius 1 is 1.03 bits per heavy atom. The maximum Gasteiger partial charge on any atom is 0.261 e. The molecule has 0 bridgehead atoms. The van der Waals surface area contributed by atoms with Crippen LogP contribution in [-0.4, -0.2) is 35.4 Å². The first-order valence-corrected chi connectivity index (χ1v) is 10.4. The number of carbonyl (C=O) groups is 2. The van der Waals surface area contributed by atoms with Gasteiger partial charge in [0.1, 0.15) is 5.75 Å². The van der Waals surface area contributed by atoms with Gasteiger partial charge in [0.2, 0.25) is 0 Å². The second-order valence-corrected chi connectivity index (χ2v) is 8.26. The van der Waals surface area contributed by atoms with E-state index in [1.54, 1.807) is 0 Å². The summed E-state index contributed by atoms with van der Waals surface area (Å²) in [4.78, 5) is 26.9. The van der Waals surface area contributed by atoms with E-state index in [1.807, 2.05) is 55.1 Å². The molecule has 2 saturated carbocycles. The molecule has 2 aromatic carbocycles. The highest BCUT2D eigenvalue weighted by Gasteiger charge is 2.32. The topological polar surface area (TPSA) is 58.6 Å². The van der Waals surface area contributed by atoms with Gasteiger partial charge < -0.3 is 15.0 Å². The third-order valence-electron chi connectivity index (χ3n) is 5.47. The Labute approximate surface area is 172 Å². The minimum atomic E-state index is -0.0176. The predicted octanol–water partition coefficient (Wildman–Crippen LogP) is 3.77. The number of ether oxygens (including phenoxy) is 1. The molecule has 2 aromatic rings. The van der Waals surface area contributed by atoms with Crippen molar-refractivity contribution in [3.05, 3.63) is 64.7 Å². The normalized spacial score (nSPS) is 15.7. The summed E-state index contributed by atoms with van der Waals surface area (Å²) in [5.41, 5.74) is 3.91. The number of amides is 2. The zero-order valence-corrected chi connectivity index (χ0v) is 17.1. The molecule has 0 aliphatic heterocycles. The summed E-state index contributed by atoms with van der Waals surface area (Å²) in [5.74, 6) is 0.741. The van der Waals surface area contributed by atoms with Crippen LogP contribution in [0.3, 0.4) is 0 Å². The van der Waals surface area contributed by atoms with Crippen molar-refractivity contribution in [1.29, 1.82) is 0 Å². The summed E-state index contributed by atoms with van der Waals surface area (Å²) in [6.07, 6.45) is 4.23. The second-order valence-electron chi connectivity index (χ2n) is 8.26. The summed E-state index contributed by atoms with van der Waals surface area (Å²) in [7, 11) is 0. The molecule has 29 heavy (non-hydrogen) atoms. The van der Waals surface area contributed by atoms with E-state index in [2.05, 4.69) is 11.4 Å². The summed E-state index contributed by atoms with van der Waals surface area (Å²) in [5, 5.41) is 3.00. The minimum absolute atomic E-state index is 0.00280. The first kappa shape index (κ1) is 19.5. The maximum absolute atomic E-state index is 12.8. The van der Waals surface area contributed by atoms with Gasteiger partial charge in [0.15, 0.2) is 6.61 Å². The fraction of sp³-hybridized carbons (Fsp3) is 0.417. The van der Waals surface area contributed by atoms with Crippen molar-refractivity contribution in [1.82, 2.24) is 10.2 Å². The van der Waals surface area contributed by atoms with Crippen LogP contribution in [0.15, 0.2) is 42.5 Å². The lowest BCUT2D eigenvalue weighted by Crippen LogP contribution is -2.36. The van der Waals surface area contributed by atoms with E-state index in [-0.39, 0.29) is 18.4 Å². The average Bonchev–Trinajstić information content (AvgIpc) is 3.60. The molecule has 0 saturated heterocycles. The molecule has 0 unspecified atom stereocenters. The molecule has 0 atom stereocenters. The summed E-state index contributed by atoms with van der Waals surface area (Å²) in [6.45, 7) is 4.62. The lowest BCUT2D eigenvalue weighted by atomic mass is 10.1. The molecule has 0 spiro atoms. The van der Waals surface area contributed by atoms with Gasteiger partial charge in [0, 0.05) is 24.2 Å². The van der Waals surface area contributed by atoms with Crippen LogP contribution in [0.5, 0.6) is 5.75 Å². The smallest absolute Gasteiger partial charge is 0.261 e. The van der Waals surface area contributed by atoms with Crippen LogP contribution in [0.2, 0.25) is 0 Å². The molecule has 0 aromatic heterocycles. The van der Waals surface area contributed by atoms with Gasteiger partial charge >= 0.3 is 0 Å². The third kappa shape index (κ3) is 5.17. The molecule has 2 aliphatic rings. The number of rotatable bonds is 8. The van der Waals surface area contributed by atoms with Crippen LogP contribution in [0.25, 0.3) is 0 Å². The van der Waals surface area contributed by atoms with Crippen LogP contribution in [-0.2, 0) is 11.3 Å². The van der Waals surface area contributed by atoms with Gasteiger partial charge in [-0.15, -0.1) is 0 Å². The first-order chi connectivity index (χ1) is 14.0. The Balaban J connectivity index is 1.36. The third-order valence-corrected chi connectivity index (χ3v) is 5.47. The van der Waals surface area contributed by atoms with Gasteiger partial charge in [-0.3, -0.25) is 9.59 Å². The number of hydrogen-bond acceptors (Lipinski definition) is 3. The number of nitrogens with one attached hydrogen (secondary N) is 1. The van der Waals surface area contributed by atoms with Gasteiger partial charge in [-0.05, 0) is 68.9 Å². The molecule has 1 N–H and O–H groups in total. The van der Waals surface area contributed by atoms with E-state index >= 15 is 0 Å². The number of hydrogen-bond donors (Lipinski definition) is 1. The molecule has 152 valence electrons. The van der Waals surface area contributed by atoms with Gasteiger partial charge in [-0.2, -0.15) is 0 Å². The molecule has 5 heteroatoms. The number of nitrogens with zero attached hydrogens (tertiary/aromatic N) is 1. The van der Waals surface area contributed by atoms with Gasteiger partial charge in [-0.25, -0.2) is 0 Å². The SMILES string of the molecule is Cc1ccc(OCC(=O)N(Cc2ccc(C(=O)NC3CC3)cc2)C2CC2)c(C)c1. The van der Waals surface area contributed by atoms with Crippen molar-refractivity contribution in [2.24, 2.45) is 0 Å². The highest BCUT2D eigenvalue weighted by Crippen LogP contribution is 2.29. The van der Waals surface area contributed by atoms with E-state index in [0.717, 1.165) is 42.6 Å². The molecular weight excluding hydrogens is 364 g/mol. The Hall–Kier alpha value is -2.82. The van der Waals surface area contributed by atoms with Crippen LogP contribution >= 0.6 is 0 Å². The fourth-order valence-corrected chi connectivity index (χ4v) is 3.45. The van der Waals surface area contributed by atoms with Crippen molar-refractivity contribution >= 4 is 11.8 Å². The van der Waals surface area contributed by atoms with Gasteiger partial charge in [0.05, 0.1) is 0 Å². The van der Waals surface area contributed by atoms with Crippen molar-refractivity contribution in [2.45, 2.75) is 58.2 Å². The summed E-state index contributed by atoms with van der Waals surface area (Å²) >= 11 is 0. The number of aryl methyl sites for hydroxylation is 2. The lowest BCUT2D eigenvalue weighted by molar-refractivity contribution is -0.134. The molecule has 4 rings (SSSR count). The molecule has 0 radical (unpaired) electrons. The van der Waals surface area contributed by atoms with Crippen LogP contribution in [0.1, 0.15) is 52.7 Å². The first-order valence-electron chi connectivity index (χ1n) is 10.4. The molecular formula is C24H28N2O3. The maximum atomic E-state index is 12.8. The monoisotopic (exact) mass is 392 g/mol. The van der Waals surface area contributed by atoms with E-state index in [0.29, 0.717) is 24.2 Å². The Kier molecular flexibility index (Phi) is 5.56. The Bertz CT molecular complexity index is 899. The van der Waals surface area contributed by atoms with Crippen molar-refractivity contribution in [2.75, 3.05) is 6.61 Å². The number of carbonyl (C=O) groups excluding carboxylic acids is 2. The quantitative estimate of drug-likeness (QED) is 0.744. The van der Waals surface area contributed by atoms with Crippen LogP contribution in [0.4, 0.5) is 0 Å². The van der Waals surface area contributed by atoms with E-state index < -0.39 is 0 Å². The Morgan fingerprint density at radius 3 is 2.38 bits per heavy atom. The number of benzene rings is 2. The van der Waals surface area contributed by atoms with E-state index in [1.165, 1.54) is 5.56 Å². The minimum Gasteiger partial charge on any atom is -0.483 e. The predicted molar refractivity (Wildman–Crippen MR) is 112 cm³/mol. The molecule has 2 fully saturated rings. The van der Waals surface area contributed by atoms with E-state index in [9.17, 15) is 9.59 Å². The highest BCUT2D eigenvalue weighted by molar-refractivity contribution is 5.94. The van der Waals surface area contributed by atoms with Crippen LogP contribution in [0, 0.1) is 13.8 Å². The summed E-state index contributed by atoms with van der Waals surface area (Å²) < 4.78 is 5.80. The average molecular weight is 392 g/mol. The highest BCUT2D eigenvalue weighted by atomic mass is 16.5. The molecule has 2 amide bonds. The Morgan fingerprint density at radius 2 is 1.76 bits per heavy atom. The molecule has 0 heterocycles. The van der Waals surface area contributed by atoms with Crippen molar-refractivity contribution < 1.29 is 14.3 Å². The standard InChI is InChI=1S/C24H28N2O3/c1-16-3-12-22(17(2)13-16)29-15-23(27)26(21-10-11-21)14-18-4-6-19(7-5-18)24(28)25-20-8-9-20/h3-7,12-13,20-21H,8-11,14-15H2,1-2H3,(H,25,28). The molecule has 5 nitrogen and oxygen atoms in total. The van der Waals surface area contributed by atoms with Gasteiger partial charge in [-0.1, -0.05) is 29.8 Å².